The van der Waals surface area contributed by atoms with Crippen molar-refractivity contribution in [1.29, 1.82) is 0 Å². The van der Waals surface area contributed by atoms with Crippen molar-refractivity contribution in [3.63, 3.8) is 0 Å². The molecule has 0 saturated carbocycles. The fourth-order valence-electron chi connectivity index (χ4n) is 17.2. The number of carbonyl (C=O) groups excluding carboxylic acids is 10. The fraction of sp³-hybridized carbons (Fsp3) is 0.806. The maximum Gasteiger partial charge on any atom is 0.176 e. The first-order chi connectivity index (χ1) is 58.8. The average molecular weight is 1810 g/mol. The second kappa shape index (κ2) is 53.2. The molecule has 0 fully saturated rings. The van der Waals surface area contributed by atoms with E-state index in [0.717, 1.165) is 0 Å². The summed E-state index contributed by atoms with van der Waals surface area (Å²) in [5.41, 5.74) is -11.9. The van der Waals surface area contributed by atoms with E-state index in [1.807, 2.05) is 173 Å². The lowest BCUT2D eigenvalue weighted by Gasteiger charge is -2.34. The molecule has 25 nitrogen and oxygen atoms in total. The molecular weight excluding hydrogens is 1640 g/mol. The van der Waals surface area contributed by atoms with Crippen LogP contribution >= 0.6 is 0 Å². The molecule has 5 rings (SSSR count). The Morgan fingerprint density at radius 2 is 0.453 bits per heavy atom. The summed E-state index contributed by atoms with van der Waals surface area (Å²) in [7, 11) is 0. The number of aliphatic hydroxyl groups excluding tert-OH is 10. The quantitative estimate of drug-likeness (QED) is 0.0252. The molecule has 11 unspecified atom stereocenters. The molecule has 0 bridgehead atoms. The molecule has 0 aromatic carbocycles. The standard InChI is InChI=1S/C22H38O5.2C21H36O5.C20H34O5.C19H32O5/c1-13(2)7-10-16-20(25)19(17(23)11-8-14(3)4)21(26)22(16,27)18(24)12-9-15(5)6;1-12(2)7-9-15-19(24)18(16(22)11-14(5)6)20(25)21(15,26)17(23)10-8-13(3)4;1-7-14(6)18(23)17-19(24)15(10-8-12(2)3)21(26,20(17)25)16(22)11-9-13(4)5;1-11(2)7-9-14-18(23)16(17(22)13(5)6)19(24)20(14,25)15(21)10-8-12(3)4;1-6-14(20)16-17(22)13(9-7-11(2)3)19(24,18(16)23)15(21)10-8-12(4)5/h13-16,18,24,26-27H,7-12H2,1-6H3;12-15,17,23,25-26H,7-11H2,1-6H3;12-16,22,25-26H,7-11H2,1-6H3;11-15,21,24-25H,7-10H2,1-6H3;11-13,15,21,23-24H,6-10H2,1-5H3/t16-,18?,22?;15-,17?,21?;14?,15-,16?,21?;14-,15?,20?;13-,15?,19?/m11111/s1. The van der Waals surface area contributed by atoms with Crippen molar-refractivity contribution in [2.45, 2.75) is 420 Å². The Kier molecular flexibility index (Phi) is 49.9. The van der Waals surface area contributed by atoms with Crippen LogP contribution in [0.25, 0.3) is 0 Å². The Hall–Kier alpha value is -6.00. The summed E-state index contributed by atoms with van der Waals surface area (Å²) >= 11 is 0. The van der Waals surface area contributed by atoms with Gasteiger partial charge in [-0.25, -0.2) is 0 Å². The molecule has 738 valence electrons. The van der Waals surface area contributed by atoms with Crippen molar-refractivity contribution in [2.75, 3.05) is 0 Å². The third-order valence-electron chi connectivity index (χ3n) is 26.1. The Morgan fingerprint density at radius 1 is 0.258 bits per heavy atom. The summed E-state index contributed by atoms with van der Waals surface area (Å²) in [6.45, 7) is 56.1. The van der Waals surface area contributed by atoms with E-state index in [0.29, 0.717) is 174 Å². The van der Waals surface area contributed by atoms with Crippen LogP contribution in [0, 0.1) is 112 Å². The van der Waals surface area contributed by atoms with Crippen LogP contribution in [0.2, 0.25) is 0 Å². The zero-order chi connectivity index (χ0) is 99.6. The Labute approximate surface area is 767 Å². The zero-order valence-corrected chi connectivity index (χ0v) is 83.8. The summed E-state index contributed by atoms with van der Waals surface area (Å²) in [4.78, 5) is 126. The minimum absolute atomic E-state index is 0.0317. The molecule has 15 N–H and O–H groups in total. The lowest BCUT2D eigenvalue weighted by molar-refractivity contribution is -0.138. The van der Waals surface area contributed by atoms with Gasteiger partial charge in [0, 0.05) is 31.1 Å². The smallest absolute Gasteiger partial charge is 0.176 e. The van der Waals surface area contributed by atoms with Crippen LogP contribution < -0.4 is 0 Å². The molecule has 16 atom stereocenters. The summed E-state index contributed by atoms with van der Waals surface area (Å²) in [5.74, 6) is -10.5. The summed E-state index contributed by atoms with van der Waals surface area (Å²) in [6, 6.07) is 0. The van der Waals surface area contributed by atoms with E-state index < -0.39 is 187 Å². The summed E-state index contributed by atoms with van der Waals surface area (Å²) < 4.78 is 0. The van der Waals surface area contributed by atoms with Crippen LogP contribution in [-0.4, -0.2) is 193 Å². The van der Waals surface area contributed by atoms with Crippen molar-refractivity contribution in [1.82, 2.24) is 0 Å². The molecule has 25 heteroatoms. The highest BCUT2D eigenvalue weighted by atomic mass is 16.4. The van der Waals surface area contributed by atoms with Gasteiger partial charge in [0.1, 0.15) is 56.7 Å². The van der Waals surface area contributed by atoms with Gasteiger partial charge in [-0.1, -0.05) is 233 Å². The van der Waals surface area contributed by atoms with Gasteiger partial charge in [-0.15, -0.1) is 0 Å². The Bertz CT molecular complexity index is 3820. The molecular formula is C103H176O25. The number of rotatable bonds is 49. The first kappa shape index (κ1) is 120. The van der Waals surface area contributed by atoms with E-state index in [2.05, 4.69) is 0 Å². The molecule has 0 aliphatic heterocycles. The first-order valence-electron chi connectivity index (χ1n) is 48.4. The summed E-state index contributed by atoms with van der Waals surface area (Å²) in [6.07, 6.45) is 4.57. The molecule has 0 amide bonds. The van der Waals surface area contributed by atoms with Gasteiger partial charge in [0.15, 0.2) is 85.8 Å². The van der Waals surface area contributed by atoms with Crippen molar-refractivity contribution in [3.05, 3.63) is 56.7 Å². The van der Waals surface area contributed by atoms with Gasteiger partial charge in [-0.05, 0) is 180 Å². The minimum Gasteiger partial charge on any atom is -0.508 e. The lowest BCUT2D eigenvalue weighted by Crippen LogP contribution is -2.49. The van der Waals surface area contributed by atoms with Gasteiger partial charge in [-0.3, -0.25) is 47.9 Å². The van der Waals surface area contributed by atoms with Crippen LogP contribution in [-0.2, 0) is 47.9 Å². The molecule has 0 aromatic rings. The predicted octanol–water partition coefficient (Wildman–Crippen LogP) is 17.2. The number of Topliss-reactive ketones (excluding diaryl/α,β-unsaturated/α-hetero) is 10. The first-order valence-corrected chi connectivity index (χ1v) is 48.4. The van der Waals surface area contributed by atoms with Gasteiger partial charge in [0.05, 0.1) is 60.1 Å². The van der Waals surface area contributed by atoms with Gasteiger partial charge in [0.25, 0.3) is 0 Å². The number of hydrogen-bond acceptors (Lipinski definition) is 25. The number of allylic oxidation sites excluding steroid dienone is 5. The number of hydrogen-bond donors (Lipinski definition) is 15. The van der Waals surface area contributed by atoms with E-state index >= 15 is 0 Å². The molecule has 0 saturated heterocycles. The third kappa shape index (κ3) is 30.8. The Balaban J connectivity index is 0.000000800. The minimum atomic E-state index is -2.07. The monoisotopic (exact) mass is 1810 g/mol. The van der Waals surface area contributed by atoms with Gasteiger partial charge in [-0.2, -0.15) is 0 Å². The molecule has 0 aromatic heterocycles. The van der Waals surface area contributed by atoms with Crippen LogP contribution in [0.3, 0.4) is 0 Å². The van der Waals surface area contributed by atoms with E-state index in [-0.39, 0.29) is 85.2 Å². The second-order valence-corrected chi connectivity index (χ2v) is 43.0. The van der Waals surface area contributed by atoms with Crippen molar-refractivity contribution < 1.29 is 125 Å². The largest absolute Gasteiger partial charge is 0.508 e. The zero-order valence-electron chi connectivity index (χ0n) is 83.8. The van der Waals surface area contributed by atoms with Crippen molar-refractivity contribution in [3.8, 4) is 0 Å². The van der Waals surface area contributed by atoms with Crippen LogP contribution in [0.1, 0.15) is 361 Å². The fourth-order valence-corrected chi connectivity index (χ4v) is 17.2. The van der Waals surface area contributed by atoms with Crippen LogP contribution in [0.5, 0.6) is 0 Å². The molecule has 0 heterocycles. The van der Waals surface area contributed by atoms with E-state index in [9.17, 15) is 125 Å². The van der Waals surface area contributed by atoms with Gasteiger partial charge >= 0.3 is 0 Å². The second-order valence-electron chi connectivity index (χ2n) is 43.0. The van der Waals surface area contributed by atoms with E-state index in [1.165, 1.54) is 0 Å². The average Bonchev–Trinajstić information content (AvgIpc) is 1.49. The number of aliphatic hydroxyl groups is 15. The van der Waals surface area contributed by atoms with Crippen molar-refractivity contribution >= 4 is 57.8 Å². The highest BCUT2D eigenvalue weighted by Gasteiger charge is 2.64. The van der Waals surface area contributed by atoms with Crippen molar-refractivity contribution in [2.24, 2.45) is 112 Å². The van der Waals surface area contributed by atoms with E-state index in [1.54, 1.807) is 27.7 Å². The molecule has 5 aliphatic rings. The molecule has 0 radical (unpaired) electrons. The van der Waals surface area contributed by atoms with Crippen LogP contribution in [0.15, 0.2) is 56.7 Å². The SMILES string of the molecule is CC(C)CCC(=O)C1=C(O)C(O)(C(O)CCC(C)C)[C@H](CCC(C)C)C1=O.CC(C)CCC(O)C1(O)C(O)=C(C(=O)C(C)C)C(=O)[C@H]1CCC(C)C.CC(C)CCC(O)C1(O)C(O)=C(C(=O)CC(C)C)C(=O)[C@H]1CCC(C)C.CCC(=O)C1=C(O)C(O)(C(O)CCC(C)C)[C@H](CCC(C)C)C1=O.CCC(C)C(=O)C1=C(O)C(O)(C(O)CCC(C)C)[C@H](CCC(C)C)C1=O. The van der Waals surface area contributed by atoms with Gasteiger partial charge < -0.3 is 76.6 Å². The molecule has 0 spiro atoms. The van der Waals surface area contributed by atoms with Gasteiger partial charge in [0.2, 0.25) is 0 Å². The van der Waals surface area contributed by atoms with E-state index in [4.69, 9.17) is 0 Å². The van der Waals surface area contributed by atoms with Crippen LogP contribution in [0.4, 0.5) is 0 Å². The molecule has 128 heavy (non-hydrogen) atoms. The topological polar surface area (TPSA) is 474 Å². The maximum atomic E-state index is 13.0. The predicted molar refractivity (Wildman–Crippen MR) is 499 cm³/mol. The highest BCUT2D eigenvalue weighted by molar-refractivity contribution is 6.27. The normalized spacial score (nSPS) is 25.4. The lowest BCUT2D eigenvalue weighted by atomic mass is 9.78. The molecule has 5 aliphatic carbocycles. The Morgan fingerprint density at radius 3 is 0.648 bits per heavy atom. The summed E-state index contributed by atoms with van der Waals surface area (Å²) in [5, 5.41) is 162. The highest BCUT2D eigenvalue weighted by Crippen LogP contribution is 2.51. The number of carbonyl (C=O) groups is 10. The maximum absolute atomic E-state index is 13.0. The third-order valence-corrected chi connectivity index (χ3v) is 26.1. The number of ketones is 10.